The van der Waals surface area contributed by atoms with Crippen LogP contribution in [0.15, 0.2) is 47.5 Å². The maximum Gasteiger partial charge on any atom is 0.418 e. The number of benzene rings is 1. The molecule has 202 valence electrons. The highest BCUT2D eigenvalue weighted by Crippen LogP contribution is 2.32. The molecule has 13 heteroatoms. The number of nitrogens with zero attached hydrogens (tertiary/aromatic N) is 7. The third-order valence-corrected chi connectivity index (χ3v) is 7.25. The van der Waals surface area contributed by atoms with Crippen LogP contribution in [0.5, 0.6) is 0 Å². The summed E-state index contributed by atoms with van der Waals surface area (Å²) in [4.78, 5) is 41.5. The number of cyclic esters (lactones) is 1. The molecule has 2 saturated heterocycles. The summed E-state index contributed by atoms with van der Waals surface area (Å²) in [7, 11) is 1.52. The molecule has 0 N–H and O–H groups in total. The minimum absolute atomic E-state index is 0.0347. The second kappa shape index (κ2) is 9.10. The highest BCUT2D eigenvalue weighted by atomic mass is 19.4. The Kier molecular flexibility index (Phi) is 5.81. The van der Waals surface area contributed by atoms with Crippen molar-refractivity contribution in [2.45, 2.75) is 25.7 Å². The number of rotatable bonds is 4. The predicted molar refractivity (Wildman–Crippen MR) is 135 cm³/mol. The van der Waals surface area contributed by atoms with Gasteiger partial charge in [-0.1, -0.05) is 6.07 Å². The molecule has 10 nitrogen and oxygen atoms in total. The largest absolute Gasteiger partial charge is 0.447 e. The molecule has 1 atom stereocenters. The van der Waals surface area contributed by atoms with Gasteiger partial charge in [-0.25, -0.2) is 14.8 Å². The molecular weight excluding hydrogens is 515 g/mol. The summed E-state index contributed by atoms with van der Waals surface area (Å²) in [6, 6.07) is 7.47. The smallest absolute Gasteiger partial charge is 0.418 e. The van der Waals surface area contributed by atoms with Gasteiger partial charge < -0.3 is 9.64 Å². The molecule has 2 aliphatic heterocycles. The lowest BCUT2D eigenvalue weighted by Crippen LogP contribution is -2.52. The maximum absolute atomic E-state index is 13.7. The van der Waals surface area contributed by atoms with Crippen LogP contribution in [0.25, 0.3) is 22.0 Å². The normalized spacial score (nSPS) is 17.6. The molecule has 5 heterocycles. The lowest BCUT2D eigenvalue weighted by atomic mass is 10.1. The van der Waals surface area contributed by atoms with E-state index >= 15 is 0 Å². The average molecular weight is 540 g/mol. The quantitative estimate of drug-likeness (QED) is 0.393. The summed E-state index contributed by atoms with van der Waals surface area (Å²) >= 11 is 0. The average Bonchev–Trinajstić information content (AvgIpc) is 3.40. The van der Waals surface area contributed by atoms with Gasteiger partial charge in [0.25, 0.3) is 5.56 Å². The van der Waals surface area contributed by atoms with Crippen LogP contribution < -0.4 is 10.5 Å². The topological polar surface area (TPSA) is 98.4 Å². The number of halogens is 3. The molecule has 1 amide bonds. The van der Waals surface area contributed by atoms with Crippen LogP contribution in [0.1, 0.15) is 17.0 Å². The van der Waals surface area contributed by atoms with E-state index in [0.29, 0.717) is 59.9 Å². The van der Waals surface area contributed by atoms with Crippen molar-refractivity contribution in [3.63, 3.8) is 0 Å². The van der Waals surface area contributed by atoms with Crippen LogP contribution in [-0.4, -0.2) is 67.6 Å². The molecule has 1 unspecified atom stereocenters. The second-order valence-electron chi connectivity index (χ2n) is 9.70. The molecule has 2 aliphatic rings. The summed E-state index contributed by atoms with van der Waals surface area (Å²) in [5, 5.41) is 0.381. The first-order valence-electron chi connectivity index (χ1n) is 12.3. The number of aromatic nitrogens is 5. The summed E-state index contributed by atoms with van der Waals surface area (Å²) in [6.07, 6.45) is -1.53. The van der Waals surface area contributed by atoms with E-state index < -0.39 is 11.7 Å². The number of ether oxygens (including phenoxy) is 1. The van der Waals surface area contributed by atoms with Crippen LogP contribution in [0.3, 0.4) is 0 Å². The Morgan fingerprint density at radius 3 is 2.56 bits per heavy atom. The fourth-order valence-corrected chi connectivity index (χ4v) is 5.18. The molecule has 1 aromatic carbocycles. The fourth-order valence-electron chi connectivity index (χ4n) is 5.18. The number of pyridine rings is 1. The van der Waals surface area contributed by atoms with Crippen molar-refractivity contribution in [1.82, 2.24) is 29.2 Å². The van der Waals surface area contributed by atoms with Gasteiger partial charge in [-0.15, -0.1) is 0 Å². The zero-order chi connectivity index (χ0) is 27.5. The van der Waals surface area contributed by atoms with Gasteiger partial charge in [0.2, 0.25) is 5.95 Å². The molecule has 4 aromatic rings. The van der Waals surface area contributed by atoms with E-state index in [1.54, 1.807) is 42.4 Å². The minimum atomic E-state index is -4.57. The van der Waals surface area contributed by atoms with Crippen LogP contribution in [0.4, 0.5) is 23.9 Å². The number of carbonyl (C=O) groups is 1. The third-order valence-electron chi connectivity index (χ3n) is 7.25. The number of anilines is 1. The first-order valence-corrected chi connectivity index (χ1v) is 12.3. The highest BCUT2D eigenvalue weighted by molar-refractivity contribution is 5.84. The number of alkyl halides is 3. The molecule has 39 heavy (non-hydrogen) atoms. The van der Waals surface area contributed by atoms with Gasteiger partial charge in [-0.2, -0.15) is 13.2 Å². The summed E-state index contributed by atoms with van der Waals surface area (Å²) in [5.41, 5.74) is 0.998. The molecule has 0 spiro atoms. The lowest BCUT2D eigenvalue weighted by Gasteiger charge is -2.35. The highest BCUT2D eigenvalue weighted by Gasteiger charge is 2.38. The number of amides is 1. The van der Waals surface area contributed by atoms with Crippen LogP contribution in [0, 0.1) is 6.92 Å². The monoisotopic (exact) mass is 539 g/mol. The first kappa shape index (κ1) is 24.9. The van der Waals surface area contributed by atoms with E-state index in [1.165, 1.54) is 22.5 Å². The zero-order valence-electron chi connectivity index (χ0n) is 21.1. The Balaban J connectivity index is 1.32. The Bertz CT molecular complexity index is 1650. The van der Waals surface area contributed by atoms with Gasteiger partial charge in [0.1, 0.15) is 6.61 Å². The van der Waals surface area contributed by atoms with Crippen molar-refractivity contribution in [2.75, 3.05) is 31.1 Å². The van der Waals surface area contributed by atoms with Crippen LogP contribution in [0.2, 0.25) is 0 Å². The number of carbonyl (C=O) groups excluding carboxylic acids is 1. The van der Waals surface area contributed by atoms with Crippen molar-refractivity contribution >= 4 is 22.9 Å². The molecule has 0 saturated carbocycles. The Hall–Kier alpha value is -4.42. The minimum Gasteiger partial charge on any atom is -0.447 e. The van der Waals surface area contributed by atoms with Crippen LogP contribution in [-0.2, 0) is 24.5 Å². The van der Waals surface area contributed by atoms with E-state index in [-0.39, 0.29) is 29.9 Å². The van der Waals surface area contributed by atoms with E-state index in [9.17, 15) is 22.8 Å². The SMILES string of the molecule is Cc1ccc(C(F)(F)F)c(Cn2c3cc(-c4cnc(N5CCN6C(=O)OCC6C5)nc4)ccc3c(=O)n2C)n1. The molecule has 0 aliphatic carbocycles. The van der Waals surface area contributed by atoms with E-state index in [4.69, 9.17) is 4.74 Å². The van der Waals surface area contributed by atoms with Gasteiger partial charge in [0.15, 0.2) is 0 Å². The third kappa shape index (κ3) is 4.37. The molecule has 0 bridgehead atoms. The molecule has 0 radical (unpaired) electrons. The van der Waals surface area contributed by atoms with Gasteiger partial charge in [0, 0.05) is 50.3 Å². The Morgan fingerprint density at radius 2 is 1.82 bits per heavy atom. The van der Waals surface area contributed by atoms with Crippen molar-refractivity contribution in [2.24, 2.45) is 7.05 Å². The number of aryl methyl sites for hydroxylation is 1. The fraction of sp³-hybridized carbons (Fsp3) is 0.346. The van der Waals surface area contributed by atoms with Crippen LogP contribution >= 0.6 is 0 Å². The van der Waals surface area contributed by atoms with Gasteiger partial charge in [0.05, 0.1) is 34.7 Å². The lowest BCUT2D eigenvalue weighted by molar-refractivity contribution is -0.138. The van der Waals surface area contributed by atoms with E-state index in [0.717, 1.165) is 6.07 Å². The number of fused-ring (bicyclic) bond motifs is 2. The molecule has 6 rings (SSSR count). The summed E-state index contributed by atoms with van der Waals surface area (Å²) in [5.74, 6) is 0.528. The van der Waals surface area contributed by atoms with Gasteiger partial charge >= 0.3 is 12.3 Å². The van der Waals surface area contributed by atoms with Gasteiger partial charge in [-0.05, 0) is 36.8 Å². The van der Waals surface area contributed by atoms with Gasteiger partial charge in [-0.3, -0.25) is 24.0 Å². The zero-order valence-corrected chi connectivity index (χ0v) is 21.1. The van der Waals surface area contributed by atoms with Crippen molar-refractivity contribution in [3.05, 3.63) is 70.0 Å². The molecule has 2 fully saturated rings. The first-order chi connectivity index (χ1) is 18.6. The standard InChI is InChI=1S/C26H24F3N7O3/c1-15-3-6-20(26(27,28)29)21(32-15)13-36-22-9-16(4-5-19(22)23(37)33(36)2)17-10-30-24(31-11-17)34-7-8-35-18(12-34)14-39-25(35)38/h3-6,9-11,18H,7-8,12-14H2,1-2H3. The number of piperazine rings is 1. The van der Waals surface area contributed by atoms with E-state index in [2.05, 4.69) is 15.0 Å². The molecule has 3 aromatic heterocycles. The summed E-state index contributed by atoms with van der Waals surface area (Å²) < 4.78 is 48.9. The predicted octanol–water partition coefficient (Wildman–Crippen LogP) is 3.21. The van der Waals surface area contributed by atoms with E-state index in [1.807, 2.05) is 4.90 Å². The number of hydrogen-bond donors (Lipinski definition) is 0. The molecular formula is C26H24F3N7O3. The maximum atomic E-state index is 13.7. The second-order valence-corrected chi connectivity index (χ2v) is 9.70. The van der Waals surface area contributed by atoms with Crippen molar-refractivity contribution in [3.8, 4) is 11.1 Å². The Labute approximate surface area is 220 Å². The Morgan fingerprint density at radius 1 is 1.05 bits per heavy atom. The number of hydrogen-bond acceptors (Lipinski definition) is 7. The summed E-state index contributed by atoms with van der Waals surface area (Å²) in [6.45, 7) is 3.42. The van der Waals surface area contributed by atoms with Crippen molar-refractivity contribution in [1.29, 1.82) is 0 Å². The van der Waals surface area contributed by atoms with Crippen molar-refractivity contribution < 1.29 is 22.7 Å².